The number of aliphatic imine (C=N–C) groups is 1. The highest BCUT2D eigenvalue weighted by Crippen LogP contribution is 2.21. The molecule has 0 unspecified atom stereocenters. The van der Waals surface area contributed by atoms with E-state index in [4.69, 9.17) is 4.74 Å². The van der Waals surface area contributed by atoms with Crippen LogP contribution in [0.2, 0.25) is 0 Å². The first-order valence-electron chi connectivity index (χ1n) is 8.22. The molecule has 136 valence electrons. The van der Waals surface area contributed by atoms with Gasteiger partial charge in [-0.1, -0.05) is 0 Å². The van der Waals surface area contributed by atoms with Gasteiger partial charge < -0.3 is 15.4 Å². The molecule has 0 spiro atoms. The summed E-state index contributed by atoms with van der Waals surface area (Å²) in [5.74, 6) is 0.641. The van der Waals surface area contributed by atoms with Gasteiger partial charge in [0, 0.05) is 31.1 Å². The normalized spacial score (nSPS) is 15.0. The van der Waals surface area contributed by atoms with Crippen LogP contribution in [0, 0.1) is 6.92 Å². The average Bonchev–Trinajstić information content (AvgIpc) is 3.18. The minimum atomic E-state index is -0.0834. The van der Waals surface area contributed by atoms with Crippen LogP contribution in [0.15, 0.2) is 11.2 Å². The predicted molar refractivity (Wildman–Crippen MR) is 108 cm³/mol. The smallest absolute Gasteiger partial charge is 0.306 e. The zero-order valence-corrected chi connectivity index (χ0v) is 17.5. The Balaban J connectivity index is 0.00000288. The van der Waals surface area contributed by atoms with Crippen LogP contribution in [-0.2, 0) is 16.1 Å². The van der Waals surface area contributed by atoms with Crippen LogP contribution in [0.25, 0.3) is 0 Å². The lowest BCUT2D eigenvalue weighted by molar-refractivity contribution is -0.148. The van der Waals surface area contributed by atoms with Crippen LogP contribution in [0.3, 0.4) is 0 Å². The molecule has 24 heavy (non-hydrogen) atoms. The fourth-order valence-electron chi connectivity index (χ4n) is 2.55. The lowest BCUT2D eigenvalue weighted by Gasteiger charge is -2.12. The van der Waals surface area contributed by atoms with Crippen molar-refractivity contribution >= 4 is 47.2 Å². The van der Waals surface area contributed by atoms with Crippen molar-refractivity contribution in [1.82, 2.24) is 15.6 Å². The molecule has 0 aliphatic heterocycles. The maximum absolute atomic E-state index is 11.7. The summed E-state index contributed by atoms with van der Waals surface area (Å²) in [6.45, 7) is 3.39. The molecular formula is C16H27IN4O2S. The Morgan fingerprint density at radius 2 is 2.17 bits per heavy atom. The molecular weight excluding hydrogens is 439 g/mol. The van der Waals surface area contributed by atoms with Crippen LogP contribution in [-0.4, -0.2) is 36.6 Å². The molecule has 1 aliphatic rings. The largest absolute Gasteiger partial charge is 0.462 e. The van der Waals surface area contributed by atoms with Crippen molar-refractivity contribution in [2.75, 3.05) is 13.6 Å². The van der Waals surface area contributed by atoms with Gasteiger partial charge in [-0.2, -0.15) is 0 Å². The van der Waals surface area contributed by atoms with E-state index >= 15 is 0 Å². The van der Waals surface area contributed by atoms with Crippen molar-refractivity contribution in [1.29, 1.82) is 0 Å². The molecule has 1 saturated carbocycles. The molecule has 0 aromatic carbocycles. The fourth-order valence-corrected chi connectivity index (χ4v) is 3.28. The summed E-state index contributed by atoms with van der Waals surface area (Å²) < 4.78 is 5.43. The monoisotopic (exact) mass is 466 g/mol. The van der Waals surface area contributed by atoms with Crippen LogP contribution in [0.4, 0.5) is 0 Å². The first-order chi connectivity index (χ1) is 11.2. The number of nitrogens with one attached hydrogen (secondary N) is 2. The van der Waals surface area contributed by atoms with E-state index in [2.05, 4.69) is 20.6 Å². The molecule has 1 heterocycles. The Morgan fingerprint density at radius 3 is 2.79 bits per heavy atom. The summed E-state index contributed by atoms with van der Waals surface area (Å²) in [6, 6.07) is 0. The summed E-state index contributed by atoms with van der Waals surface area (Å²) in [5, 5.41) is 7.45. The molecule has 2 rings (SSSR count). The summed E-state index contributed by atoms with van der Waals surface area (Å²) in [4.78, 5) is 21.4. The lowest BCUT2D eigenvalue weighted by atomic mass is 10.3. The van der Waals surface area contributed by atoms with E-state index in [1.165, 1.54) is 17.7 Å². The topological polar surface area (TPSA) is 75.6 Å². The van der Waals surface area contributed by atoms with Gasteiger partial charge in [0.1, 0.15) is 11.1 Å². The third-order valence-corrected chi connectivity index (χ3v) is 4.66. The number of guanidine groups is 1. The minimum absolute atomic E-state index is 0. The first-order valence-corrected chi connectivity index (χ1v) is 9.04. The maximum Gasteiger partial charge on any atom is 0.306 e. The third-order valence-electron chi connectivity index (χ3n) is 3.75. The number of esters is 1. The van der Waals surface area contributed by atoms with Gasteiger partial charge in [0.05, 0.1) is 6.54 Å². The Hall–Kier alpha value is -0.900. The van der Waals surface area contributed by atoms with E-state index in [1.807, 2.05) is 13.1 Å². The van der Waals surface area contributed by atoms with Crippen molar-refractivity contribution < 1.29 is 9.53 Å². The van der Waals surface area contributed by atoms with Gasteiger partial charge in [-0.25, -0.2) is 4.98 Å². The second-order valence-corrected chi connectivity index (χ2v) is 7.04. The number of aromatic nitrogens is 1. The van der Waals surface area contributed by atoms with Crippen LogP contribution in [0.1, 0.15) is 48.4 Å². The molecule has 1 aliphatic carbocycles. The number of carbonyl (C=O) groups is 1. The fraction of sp³-hybridized carbons (Fsp3) is 0.688. The highest BCUT2D eigenvalue weighted by molar-refractivity contribution is 14.0. The van der Waals surface area contributed by atoms with Gasteiger partial charge in [-0.3, -0.25) is 9.79 Å². The molecule has 0 amide bonds. The quantitative estimate of drug-likeness (QED) is 0.213. The standard InChI is InChI=1S/C16H26N4O2S.HI/c1-12-10-19-14(23-12)11-20-16(17-2)18-9-5-8-15(21)22-13-6-3-4-7-13;/h10,13H,3-9,11H2,1-2H3,(H2,17,18,20);1H. The molecule has 8 heteroatoms. The predicted octanol–water partition coefficient (Wildman–Crippen LogP) is 3.00. The van der Waals surface area contributed by atoms with Crippen LogP contribution >= 0.6 is 35.3 Å². The number of hydrogen-bond acceptors (Lipinski definition) is 5. The van der Waals surface area contributed by atoms with Gasteiger partial charge >= 0.3 is 5.97 Å². The van der Waals surface area contributed by atoms with Gasteiger partial charge in [-0.05, 0) is 39.0 Å². The maximum atomic E-state index is 11.7. The highest BCUT2D eigenvalue weighted by atomic mass is 127. The molecule has 2 N–H and O–H groups in total. The Labute approximate surface area is 164 Å². The van der Waals surface area contributed by atoms with E-state index in [0.717, 1.165) is 30.2 Å². The molecule has 0 radical (unpaired) electrons. The number of hydrogen-bond donors (Lipinski definition) is 2. The third kappa shape index (κ3) is 7.78. The molecule has 0 bridgehead atoms. The second kappa shape index (κ2) is 11.6. The van der Waals surface area contributed by atoms with Crippen molar-refractivity contribution in [3.8, 4) is 0 Å². The number of halogens is 1. The summed E-state index contributed by atoms with van der Waals surface area (Å²) >= 11 is 1.67. The zero-order chi connectivity index (χ0) is 16.5. The van der Waals surface area contributed by atoms with Gasteiger partial charge in [0.2, 0.25) is 0 Å². The van der Waals surface area contributed by atoms with E-state index in [-0.39, 0.29) is 36.0 Å². The molecule has 6 nitrogen and oxygen atoms in total. The van der Waals surface area contributed by atoms with Crippen molar-refractivity contribution in [2.45, 2.75) is 58.1 Å². The SMILES string of the molecule is CN=C(NCCCC(=O)OC1CCCC1)NCc1ncc(C)s1.I. The van der Waals surface area contributed by atoms with E-state index in [0.29, 0.717) is 19.5 Å². The number of nitrogens with zero attached hydrogens (tertiary/aromatic N) is 2. The molecule has 1 fully saturated rings. The van der Waals surface area contributed by atoms with Gasteiger partial charge in [0.15, 0.2) is 5.96 Å². The van der Waals surface area contributed by atoms with Crippen LogP contribution in [0.5, 0.6) is 0 Å². The molecule has 0 atom stereocenters. The Kier molecular flexibility index (Phi) is 10.2. The Morgan fingerprint density at radius 1 is 1.42 bits per heavy atom. The molecule has 1 aromatic rings. The van der Waals surface area contributed by atoms with Crippen molar-refractivity contribution in [3.05, 3.63) is 16.1 Å². The average molecular weight is 466 g/mol. The highest BCUT2D eigenvalue weighted by Gasteiger charge is 2.18. The summed E-state index contributed by atoms with van der Waals surface area (Å²) in [6.07, 6.45) is 7.63. The zero-order valence-electron chi connectivity index (χ0n) is 14.3. The number of thiazole rings is 1. The number of carbonyl (C=O) groups excluding carboxylic acids is 1. The van der Waals surface area contributed by atoms with Crippen molar-refractivity contribution in [3.63, 3.8) is 0 Å². The van der Waals surface area contributed by atoms with E-state index < -0.39 is 0 Å². The number of rotatable bonds is 7. The molecule has 1 aromatic heterocycles. The second-order valence-electron chi connectivity index (χ2n) is 5.72. The van der Waals surface area contributed by atoms with Crippen molar-refractivity contribution in [2.24, 2.45) is 4.99 Å². The van der Waals surface area contributed by atoms with Gasteiger partial charge in [-0.15, -0.1) is 35.3 Å². The summed E-state index contributed by atoms with van der Waals surface area (Å²) in [7, 11) is 1.73. The van der Waals surface area contributed by atoms with Crippen LogP contribution < -0.4 is 10.6 Å². The number of aryl methyl sites for hydroxylation is 1. The minimum Gasteiger partial charge on any atom is -0.462 e. The lowest BCUT2D eigenvalue weighted by Crippen LogP contribution is -2.37. The first kappa shape index (κ1) is 21.1. The molecule has 0 saturated heterocycles. The van der Waals surface area contributed by atoms with E-state index in [1.54, 1.807) is 18.4 Å². The number of ether oxygens (including phenoxy) is 1. The van der Waals surface area contributed by atoms with E-state index in [9.17, 15) is 4.79 Å². The van der Waals surface area contributed by atoms with Gasteiger partial charge in [0.25, 0.3) is 0 Å². The summed E-state index contributed by atoms with van der Waals surface area (Å²) in [5.41, 5.74) is 0. The Bertz CT molecular complexity index is 530.